The Kier molecular flexibility index (Phi) is 8.02. The summed E-state index contributed by atoms with van der Waals surface area (Å²) in [5.41, 5.74) is 6.05. The molecular weight excluding hydrogens is 514 g/mol. The first-order chi connectivity index (χ1) is 18.9. The van der Waals surface area contributed by atoms with Crippen LogP contribution in [0, 0.1) is 0 Å². The zero-order chi connectivity index (χ0) is 27.4. The smallest absolute Gasteiger partial charge is 0.227 e. The van der Waals surface area contributed by atoms with E-state index in [4.69, 9.17) is 14.5 Å². The Hall–Kier alpha value is -3.66. The minimum absolute atomic E-state index is 0.0000894. The molecule has 39 heavy (non-hydrogen) atoms. The Morgan fingerprint density at radius 2 is 1.62 bits per heavy atom. The Labute approximate surface area is 230 Å². The lowest BCUT2D eigenvalue weighted by Crippen LogP contribution is -2.42. The molecule has 0 unspecified atom stereocenters. The van der Waals surface area contributed by atoms with Crippen LogP contribution < -0.4 is 9.47 Å². The van der Waals surface area contributed by atoms with Crippen LogP contribution >= 0.6 is 10.6 Å². The highest BCUT2D eigenvalue weighted by Gasteiger charge is 2.25. The summed E-state index contributed by atoms with van der Waals surface area (Å²) in [6.45, 7) is 5.74. The third-order valence-electron chi connectivity index (χ3n) is 6.76. The third kappa shape index (κ3) is 6.16. The van der Waals surface area contributed by atoms with Crippen molar-refractivity contribution in [1.29, 1.82) is 0 Å². The number of carbonyl (C=O) groups is 1. The number of carbonyl (C=O) groups excluding carboxylic acids is 1. The van der Waals surface area contributed by atoms with Gasteiger partial charge in [0.25, 0.3) is 0 Å². The predicted octanol–water partition coefficient (Wildman–Crippen LogP) is 5.90. The monoisotopic (exact) mass is 547 g/mol. The van der Waals surface area contributed by atoms with Crippen LogP contribution in [-0.4, -0.2) is 67.7 Å². The number of rotatable bonds is 8. The van der Waals surface area contributed by atoms with Gasteiger partial charge < -0.3 is 14.4 Å². The summed E-state index contributed by atoms with van der Waals surface area (Å²) in [6.07, 6.45) is 2.05. The van der Waals surface area contributed by atoms with Crippen molar-refractivity contribution in [2.75, 3.05) is 37.8 Å². The van der Waals surface area contributed by atoms with Gasteiger partial charge in [-0.1, -0.05) is 36.4 Å². The van der Waals surface area contributed by atoms with Crippen LogP contribution in [-0.2, 0) is 11.2 Å². The SMILES string of the molecule is CCOc1ccc(-c2cnc3cccc(-c4ccc(CC(=O)N5CCS(O)(O)CC5)cc4)c3n2)cc1OCC. The van der Waals surface area contributed by atoms with Gasteiger partial charge in [0.05, 0.1) is 54.1 Å². The van der Waals surface area contributed by atoms with E-state index in [2.05, 4.69) is 4.98 Å². The summed E-state index contributed by atoms with van der Waals surface area (Å²) in [4.78, 5) is 24.1. The fourth-order valence-corrected chi connectivity index (χ4v) is 5.91. The molecule has 0 saturated carbocycles. The van der Waals surface area contributed by atoms with Crippen molar-refractivity contribution in [3.8, 4) is 33.9 Å². The van der Waals surface area contributed by atoms with Crippen LogP contribution in [0.3, 0.4) is 0 Å². The van der Waals surface area contributed by atoms with Crippen LogP contribution in [0.25, 0.3) is 33.4 Å². The second kappa shape index (κ2) is 11.6. The maximum absolute atomic E-state index is 12.7. The van der Waals surface area contributed by atoms with Crippen LogP contribution in [0.1, 0.15) is 19.4 Å². The summed E-state index contributed by atoms with van der Waals surface area (Å²) < 4.78 is 31.1. The number of nitrogens with zero attached hydrogens (tertiary/aromatic N) is 3. The number of hydrogen-bond acceptors (Lipinski definition) is 7. The molecule has 1 aromatic heterocycles. The molecule has 8 nitrogen and oxygen atoms in total. The topological polar surface area (TPSA) is 105 Å². The Balaban J connectivity index is 1.39. The van der Waals surface area contributed by atoms with Crippen molar-refractivity contribution >= 4 is 27.5 Å². The maximum Gasteiger partial charge on any atom is 0.227 e. The predicted molar refractivity (Wildman–Crippen MR) is 156 cm³/mol. The Morgan fingerprint density at radius 1 is 0.923 bits per heavy atom. The molecule has 9 heteroatoms. The number of benzene rings is 3. The van der Waals surface area contributed by atoms with Gasteiger partial charge in [-0.05, 0) is 49.2 Å². The number of para-hydroxylation sites is 1. The molecule has 0 atom stereocenters. The average Bonchev–Trinajstić information content (AvgIpc) is 2.94. The highest BCUT2D eigenvalue weighted by molar-refractivity contribution is 8.24. The molecule has 1 aliphatic rings. The maximum atomic E-state index is 12.7. The molecule has 0 radical (unpaired) electrons. The zero-order valence-corrected chi connectivity index (χ0v) is 23.0. The van der Waals surface area contributed by atoms with E-state index in [9.17, 15) is 13.9 Å². The van der Waals surface area contributed by atoms with E-state index in [1.807, 2.05) is 74.5 Å². The van der Waals surface area contributed by atoms with E-state index in [-0.39, 0.29) is 23.8 Å². The highest BCUT2D eigenvalue weighted by atomic mass is 32.3. The summed E-state index contributed by atoms with van der Waals surface area (Å²) >= 11 is 0. The molecule has 0 bridgehead atoms. The molecule has 2 heterocycles. The van der Waals surface area contributed by atoms with E-state index in [1.165, 1.54) is 0 Å². The Bertz CT molecular complexity index is 1470. The van der Waals surface area contributed by atoms with Crippen molar-refractivity contribution in [3.63, 3.8) is 0 Å². The van der Waals surface area contributed by atoms with Crippen molar-refractivity contribution < 1.29 is 23.4 Å². The number of aromatic nitrogens is 2. The molecule has 204 valence electrons. The average molecular weight is 548 g/mol. The van der Waals surface area contributed by atoms with Crippen LogP contribution in [0.4, 0.5) is 0 Å². The first kappa shape index (κ1) is 26.9. The summed E-state index contributed by atoms with van der Waals surface area (Å²) in [5, 5.41) is 0. The molecule has 1 aliphatic heterocycles. The van der Waals surface area contributed by atoms with Gasteiger partial charge in [-0.2, -0.15) is 10.6 Å². The van der Waals surface area contributed by atoms with E-state index in [0.717, 1.165) is 39.0 Å². The van der Waals surface area contributed by atoms with Gasteiger partial charge in [-0.25, -0.2) is 4.98 Å². The van der Waals surface area contributed by atoms with Gasteiger partial charge in [-0.15, -0.1) is 0 Å². The number of fused-ring (bicyclic) bond motifs is 1. The molecule has 4 aromatic rings. The van der Waals surface area contributed by atoms with E-state index >= 15 is 0 Å². The zero-order valence-electron chi connectivity index (χ0n) is 22.2. The minimum atomic E-state index is -2.52. The second-order valence-corrected chi connectivity index (χ2v) is 11.8. The summed E-state index contributed by atoms with van der Waals surface area (Å²) in [7, 11) is -2.52. The van der Waals surface area contributed by atoms with Crippen LogP contribution in [0.5, 0.6) is 11.5 Å². The number of ether oxygens (including phenoxy) is 2. The summed E-state index contributed by atoms with van der Waals surface area (Å²) in [6, 6.07) is 19.7. The lowest BCUT2D eigenvalue weighted by Gasteiger charge is -2.41. The van der Waals surface area contributed by atoms with Gasteiger partial charge in [0.1, 0.15) is 0 Å². The van der Waals surface area contributed by atoms with E-state index in [0.29, 0.717) is 37.8 Å². The van der Waals surface area contributed by atoms with E-state index in [1.54, 1.807) is 11.1 Å². The molecule has 1 amide bonds. The second-order valence-electron chi connectivity index (χ2n) is 9.42. The highest BCUT2D eigenvalue weighted by Crippen LogP contribution is 2.40. The van der Waals surface area contributed by atoms with Crippen LogP contribution in [0.15, 0.2) is 66.9 Å². The molecule has 0 aliphatic carbocycles. The van der Waals surface area contributed by atoms with Gasteiger partial charge >= 0.3 is 0 Å². The fourth-order valence-electron chi connectivity index (χ4n) is 4.68. The lowest BCUT2D eigenvalue weighted by molar-refractivity contribution is -0.130. The van der Waals surface area contributed by atoms with Crippen molar-refractivity contribution in [2.24, 2.45) is 0 Å². The summed E-state index contributed by atoms with van der Waals surface area (Å²) in [5.74, 6) is 1.89. The number of hydrogen-bond donors (Lipinski definition) is 2. The standard InChI is InChI=1S/C30H33N3O5S/c1-3-37-27-13-12-23(19-28(27)38-4-2)26-20-31-25-7-5-6-24(30(25)32-26)22-10-8-21(9-11-22)18-29(34)33-14-16-39(35,36)17-15-33/h5-13,19-20,35-36H,3-4,14-18H2,1-2H3. The van der Waals surface area contributed by atoms with E-state index < -0.39 is 10.6 Å². The first-order valence-electron chi connectivity index (χ1n) is 13.1. The van der Waals surface area contributed by atoms with Gasteiger partial charge in [0.2, 0.25) is 5.91 Å². The molecule has 1 saturated heterocycles. The quantitative estimate of drug-likeness (QED) is 0.283. The first-order valence-corrected chi connectivity index (χ1v) is 15.0. The van der Waals surface area contributed by atoms with Gasteiger partial charge in [0.15, 0.2) is 11.5 Å². The largest absolute Gasteiger partial charge is 0.490 e. The molecule has 5 rings (SSSR count). The van der Waals surface area contributed by atoms with Gasteiger partial charge in [-0.3, -0.25) is 18.9 Å². The molecular formula is C30H33N3O5S. The molecule has 2 N–H and O–H groups in total. The third-order valence-corrected chi connectivity index (χ3v) is 8.43. The van der Waals surface area contributed by atoms with Crippen molar-refractivity contribution in [1.82, 2.24) is 14.9 Å². The van der Waals surface area contributed by atoms with Crippen molar-refractivity contribution in [3.05, 3.63) is 72.4 Å². The fraction of sp³-hybridized carbons (Fsp3) is 0.300. The van der Waals surface area contributed by atoms with Gasteiger partial charge in [0, 0.05) is 24.2 Å². The molecule has 1 fully saturated rings. The number of amides is 1. The Morgan fingerprint density at radius 3 is 2.33 bits per heavy atom. The molecule has 0 spiro atoms. The van der Waals surface area contributed by atoms with Crippen LogP contribution in [0.2, 0.25) is 0 Å². The normalized spacial score (nSPS) is 15.6. The minimum Gasteiger partial charge on any atom is -0.490 e. The molecule has 3 aromatic carbocycles. The lowest BCUT2D eigenvalue weighted by atomic mass is 10.0. The van der Waals surface area contributed by atoms with Crippen molar-refractivity contribution in [2.45, 2.75) is 20.3 Å².